The Kier molecular flexibility index (Phi) is 4.04. The van der Waals surface area contributed by atoms with Crippen LogP contribution in [0.5, 0.6) is 0 Å². The van der Waals surface area contributed by atoms with E-state index in [4.69, 9.17) is 5.73 Å². The fraction of sp³-hybridized carbons (Fsp3) is 0.154. The molecule has 2 aromatic rings. The lowest BCUT2D eigenvalue weighted by molar-refractivity contribution is 0.100. The highest BCUT2D eigenvalue weighted by Gasteiger charge is 2.05. The number of primary amides is 1. The maximum atomic E-state index is 11.0. The molecule has 0 bridgehead atoms. The first kappa shape index (κ1) is 13.1. The summed E-state index contributed by atoms with van der Waals surface area (Å²) in [4.78, 5) is 12.1. The maximum Gasteiger partial charge on any atom is 0.249 e. The summed E-state index contributed by atoms with van der Waals surface area (Å²) in [6, 6.07) is 7.96. The Bertz CT molecular complexity index is 580. The second-order valence-electron chi connectivity index (χ2n) is 4.00. The van der Waals surface area contributed by atoms with Crippen LogP contribution in [0.15, 0.2) is 34.1 Å². The van der Waals surface area contributed by atoms with Crippen LogP contribution in [0.2, 0.25) is 0 Å². The second kappa shape index (κ2) is 5.54. The Hall–Kier alpha value is -1.33. The molecule has 18 heavy (non-hydrogen) atoms. The summed E-state index contributed by atoms with van der Waals surface area (Å²) in [7, 11) is 0. The lowest BCUT2D eigenvalue weighted by atomic mass is 10.2. The molecular weight excluding hydrogens is 312 g/mol. The summed E-state index contributed by atoms with van der Waals surface area (Å²) in [5, 5.41) is 5.10. The molecular formula is C13H13BrN2OS. The summed E-state index contributed by atoms with van der Waals surface area (Å²) in [6.07, 6.45) is 0. The van der Waals surface area contributed by atoms with Crippen molar-refractivity contribution in [3.05, 3.63) is 50.1 Å². The van der Waals surface area contributed by atoms with Crippen LogP contribution in [0, 0.1) is 6.92 Å². The van der Waals surface area contributed by atoms with Gasteiger partial charge in [-0.1, -0.05) is 6.07 Å². The fourth-order valence-electron chi connectivity index (χ4n) is 1.55. The Labute approximate surface area is 118 Å². The lowest BCUT2D eigenvalue weighted by Crippen LogP contribution is -2.09. The van der Waals surface area contributed by atoms with Crippen LogP contribution in [0.1, 0.15) is 20.8 Å². The van der Waals surface area contributed by atoms with Crippen molar-refractivity contribution in [2.24, 2.45) is 5.73 Å². The molecule has 0 aliphatic carbocycles. The number of amides is 1. The largest absolute Gasteiger partial charge is 0.379 e. The van der Waals surface area contributed by atoms with Gasteiger partial charge in [0.1, 0.15) is 0 Å². The summed E-state index contributed by atoms with van der Waals surface area (Å²) in [5.74, 6) is -0.381. The molecule has 2 rings (SSSR count). The van der Waals surface area contributed by atoms with Gasteiger partial charge in [-0.05, 0) is 46.6 Å². The van der Waals surface area contributed by atoms with Gasteiger partial charge >= 0.3 is 0 Å². The van der Waals surface area contributed by atoms with E-state index in [2.05, 4.69) is 33.4 Å². The summed E-state index contributed by atoms with van der Waals surface area (Å²) in [5.41, 5.74) is 8.03. The zero-order chi connectivity index (χ0) is 13.1. The van der Waals surface area contributed by atoms with Gasteiger partial charge in [0.25, 0.3) is 0 Å². The van der Waals surface area contributed by atoms with Crippen molar-refractivity contribution < 1.29 is 4.79 Å². The van der Waals surface area contributed by atoms with Crippen molar-refractivity contribution in [2.45, 2.75) is 13.5 Å². The molecule has 0 unspecified atom stereocenters. The molecule has 94 valence electrons. The van der Waals surface area contributed by atoms with Crippen LogP contribution >= 0.6 is 27.3 Å². The van der Waals surface area contributed by atoms with Crippen LogP contribution in [0.3, 0.4) is 0 Å². The van der Waals surface area contributed by atoms with E-state index in [1.165, 1.54) is 16.9 Å². The van der Waals surface area contributed by atoms with Crippen LogP contribution in [0.25, 0.3) is 0 Å². The molecule has 0 spiro atoms. The SMILES string of the molecule is Cc1ccc(NCc2cc(C(N)=O)cs2)c(Br)c1. The third-order valence-corrected chi connectivity index (χ3v) is 4.11. The van der Waals surface area contributed by atoms with Crippen LogP contribution in [0.4, 0.5) is 5.69 Å². The van der Waals surface area contributed by atoms with Crippen molar-refractivity contribution in [1.82, 2.24) is 0 Å². The first-order valence-corrected chi connectivity index (χ1v) is 7.11. The van der Waals surface area contributed by atoms with Gasteiger partial charge in [0, 0.05) is 27.0 Å². The van der Waals surface area contributed by atoms with Gasteiger partial charge < -0.3 is 11.1 Å². The number of hydrogen-bond donors (Lipinski definition) is 2. The van der Waals surface area contributed by atoms with E-state index in [1.54, 1.807) is 5.38 Å². The summed E-state index contributed by atoms with van der Waals surface area (Å²) in [6.45, 7) is 2.73. The fourth-order valence-corrected chi connectivity index (χ4v) is 2.99. The molecule has 0 fully saturated rings. The van der Waals surface area contributed by atoms with E-state index in [9.17, 15) is 4.79 Å². The van der Waals surface area contributed by atoms with E-state index in [0.29, 0.717) is 12.1 Å². The molecule has 0 atom stereocenters. The average Bonchev–Trinajstić information content (AvgIpc) is 2.76. The van der Waals surface area contributed by atoms with Gasteiger partial charge in [0.15, 0.2) is 0 Å². The van der Waals surface area contributed by atoms with Gasteiger partial charge in [-0.15, -0.1) is 11.3 Å². The predicted molar refractivity (Wildman–Crippen MR) is 79.0 cm³/mol. The zero-order valence-corrected chi connectivity index (χ0v) is 12.3. The smallest absolute Gasteiger partial charge is 0.249 e. The highest BCUT2D eigenvalue weighted by atomic mass is 79.9. The van der Waals surface area contributed by atoms with E-state index in [1.807, 2.05) is 19.1 Å². The molecule has 0 aliphatic heterocycles. The summed E-state index contributed by atoms with van der Waals surface area (Å²) < 4.78 is 1.04. The highest BCUT2D eigenvalue weighted by molar-refractivity contribution is 9.10. The van der Waals surface area contributed by atoms with Crippen molar-refractivity contribution in [3.63, 3.8) is 0 Å². The quantitative estimate of drug-likeness (QED) is 0.903. The van der Waals surface area contributed by atoms with Gasteiger partial charge in [0.05, 0.1) is 5.56 Å². The topological polar surface area (TPSA) is 55.1 Å². The molecule has 0 radical (unpaired) electrons. The third-order valence-electron chi connectivity index (χ3n) is 2.52. The van der Waals surface area contributed by atoms with Gasteiger partial charge in [-0.25, -0.2) is 0 Å². The van der Waals surface area contributed by atoms with Crippen molar-refractivity contribution in [1.29, 1.82) is 0 Å². The van der Waals surface area contributed by atoms with E-state index >= 15 is 0 Å². The molecule has 3 N–H and O–H groups in total. The minimum atomic E-state index is -0.381. The van der Waals surface area contributed by atoms with Gasteiger partial charge in [-0.3, -0.25) is 4.79 Å². The highest BCUT2D eigenvalue weighted by Crippen LogP contribution is 2.24. The Balaban J connectivity index is 2.04. The minimum Gasteiger partial charge on any atom is -0.379 e. The standard InChI is InChI=1S/C13H13BrN2OS/c1-8-2-3-12(11(14)4-8)16-6-10-5-9(7-18-10)13(15)17/h2-5,7,16H,6H2,1H3,(H2,15,17). The van der Waals surface area contributed by atoms with Crippen LogP contribution < -0.4 is 11.1 Å². The number of rotatable bonds is 4. The maximum absolute atomic E-state index is 11.0. The number of nitrogens with one attached hydrogen (secondary N) is 1. The minimum absolute atomic E-state index is 0.381. The van der Waals surface area contributed by atoms with Crippen molar-refractivity contribution in [2.75, 3.05) is 5.32 Å². The van der Waals surface area contributed by atoms with Crippen LogP contribution in [-0.2, 0) is 6.54 Å². The predicted octanol–water partition coefficient (Wildman–Crippen LogP) is 3.53. The Morgan fingerprint density at radius 2 is 2.22 bits per heavy atom. The van der Waals surface area contributed by atoms with Gasteiger partial charge in [-0.2, -0.15) is 0 Å². The number of hydrogen-bond acceptors (Lipinski definition) is 3. The number of anilines is 1. The second-order valence-corrected chi connectivity index (χ2v) is 5.85. The molecule has 1 aromatic heterocycles. The van der Waals surface area contributed by atoms with Crippen molar-refractivity contribution in [3.8, 4) is 0 Å². The Morgan fingerprint density at radius 1 is 1.44 bits per heavy atom. The Morgan fingerprint density at radius 3 is 2.83 bits per heavy atom. The first-order chi connectivity index (χ1) is 8.56. The molecule has 3 nitrogen and oxygen atoms in total. The summed E-state index contributed by atoms with van der Waals surface area (Å²) >= 11 is 5.04. The number of carbonyl (C=O) groups is 1. The van der Waals surface area contributed by atoms with E-state index < -0.39 is 0 Å². The first-order valence-electron chi connectivity index (χ1n) is 5.43. The van der Waals surface area contributed by atoms with Crippen LogP contribution in [-0.4, -0.2) is 5.91 Å². The molecule has 0 aliphatic rings. The number of benzene rings is 1. The van der Waals surface area contributed by atoms with Gasteiger partial charge in [0.2, 0.25) is 5.91 Å². The molecule has 0 saturated heterocycles. The normalized spacial score (nSPS) is 10.3. The monoisotopic (exact) mass is 324 g/mol. The number of carbonyl (C=O) groups excluding carboxylic acids is 1. The number of thiophene rings is 1. The van der Waals surface area contributed by atoms with Crippen molar-refractivity contribution >= 4 is 38.9 Å². The van der Waals surface area contributed by atoms with E-state index in [-0.39, 0.29) is 5.91 Å². The molecule has 1 heterocycles. The third kappa shape index (κ3) is 3.11. The lowest BCUT2D eigenvalue weighted by Gasteiger charge is -2.07. The molecule has 0 saturated carbocycles. The number of nitrogens with two attached hydrogens (primary N) is 1. The average molecular weight is 325 g/mol. The number of halogens is 1. The number of aryl methyl sites for hydroxylation is 1. The van der Waals surface area contributed by atoms with E-state index in [0.717, 1.165) is 15.0 Å². The molecule has 1 amide bonds. The zero-order valence-electron chi connectivity index (χ0n) is 9.87. The molecule has 5 heteroatoms. The molecule has 1 aromatic carbocycles.